The Labute approximate surface area is 354 Å². The Morgan fingerprint density at radius 2 is 0.881 bits per heavy atom. The van der Waals surface area contributed by atoms with Crippen molar-refractivity contribution >= 4 is 17.9 Å². The number of allylic oxidation sites excluding steroid dienone is 20. The lowest BCUT2D eigenvalue weighted by molar-refractivity contribution is -0.171. The fourth-order valence-corrected chi connectivity index (χ4v) is 5.08. The fourth-order valence-electron chi connectivity index (χ4n) is 5.08. The molecular weight excluding hydrogens is 751 g/mol. The van der Waals surface area contributed by atoms with E-state index in [2.05, 4.69) is 111 Å². The third-order valence-electron chi connectivity index (χ3n) is 8.51. The number of halogens is 2. The molecule has 0 aliphatic heterocycles. The predicted octanol–water partition coefficient (Wildman–Crippen LogP) is 11.5. The third-order valence-corrected chi connectivity index (χ3v) is 8.51. The summed E-state index contributed by atoms with van der Waals surface area (Å²) in [7, 11) is 0. The fraction of sp³-hybridized carbons (Fsp3) is 0.531. The molecule has 0 spiro atoms. The molecule has 59 heavy (non-hydrogen) atoms. The molecule has 0 radical (unpaired) electrons. The van der Waals surface area contributed by atoms with Gasteiger partial charge in [0, 0.05) is 12.8 Å². The van der Waals surface area contributed by atoms with E-state index in [1.54, 1.807) is 0 Å². The zero-order chi connectivity index (χ0) is 43.5. The van der Waals surface area contributed by atoms with E-state index in [1.165, 1.54) is 0 Å². The number of ether oxygens (including phenoxy) is 3. The molecule has 10 heteroatoms. The van der Waals surface area contributed by atoms with Crippen molar-refractivity contribution in [3.05, 3.63) is 122 Å². The first-order chi connectivity index (χ1) is 28.7. The van der Waals surface area contributed by atoms with Crippen LogP contribution >= 0.6 is 0 Å². The van der Waals surface area contributed by atoms with Crippen LogP contribution in [0.4, 0.5) is 8.78 Å². The van der Waals surface area contributed by atoms with Gasteiger partial charge in [-0.1, -0.05) is 135 Å². The highest BCUT2D eigenvalue weighted by Gasteiger charge is 2.45. The summed E-state index contributed by atoms with van der Waals surface area (Å²) in [6.07, 6.45) is 49.4. The van der Waals surface area contributed by atoms with E-state index >= 15 is 0 Å². The van der Waals surface area contributed by atoms with Gasteiger partial charge < -0.3 is 25.7 Å². The second-order valence-corrected chi connectivity index (χ2v) is 13.8. The zero-order valence-corrected chi connectivity index (χ0v) is 35.9. The van der Waals surface area contributed by atoms with Crippen molar-refractivity contribution in [2.75, 3.05) is 19.8 Å². The molecule has 8 nitrogen and oxygen atoms in total. The first kappa shape index (κ1) is 54.6. The van der Waals surface area contributed by atoms with Gasteiger partial charge in [-0.3, -0.25) is 9.59 Å². The van der Waals surface area contributed by atoms with Crippen molar-refractivity contribution in [2.24, 2.45) is 11.5 Å². The molecule has 0 aliphatic rings. The Balaban J connectivity index is 4.74. The van der Waals surface area contributed by atoms with Gasteiger partial charge in [0.05, 0.1) is 0 Å². The second kappa shape index (κ2) is 40.4. The number of unbranched alkanes of at least 4 members (excludes halogenated alkanes) is 2. The molecule has 0 aromatic rings. The van der Waals surface area contributed by atoms with Crippen LogP contribution in [0.3, 0.4) is 0 Å². The summed E-state index contributed by atoms with van der Waals surface area (Å²) in [6.45, 7) is 3.32. The number of carbonyl (C=O) groups excluding carboxylic acids is 3. The summed E-state index contributed by atoms with van der Waals surface area (Å²) in [6, 6.07) is 0. The molecule has 0 aromatic heterocycles. The number of esters is 3. The number of rotatable bonds is 36. The number of carbonyl (C=O) groups is 3. The van der Waals surface area contributed by atoms with Crippen LogP contribution in [0.1, 0.15) is 129 Å². The molecule has 2 atom stereocenters. The molecule has 330 valence electrons. The quantitative estimate of drug-likeness (QED) is 0.0276. The van der Waals surface area contributed by atoms with Crippen molar-refractivity contribution < 1.29 is 37.4 Å². The lowest BCUT2D eigenvalue weighted by Crippen LogP contribution is -2.55. The Hall–Kier alpha value is -4.41. The predicted molar refractivity (Wildman–Crippen MR) is 240 cm³/mol. The van der Waals surface area contributed by atoms with Crippen molar-refractivity contribution in [1.29, 1.82) is 0 Å². The standard InChI is InChI=1S/C49H74F2N2O6/c1-3-5-7-9-11-13-15-17-19-21-23-25-27-29-31-33-35-38-45(54)57-42-44(43-58-48(56)49(53,47(50)51)40-37-41-52)59-46(55)39-36-34-32-30-28-26-24-22-20-18-16-14-12-10-8-6-4-2/h5-8,11-14,17-20,23-26,29-32,44,47H,3-4,9-10,15-16,21-22,27-28,33-43,52-53H2,1-2H3/b7-5-,8-6-,13-11-,14-12-,19-17-,20-18-,25-23-,26-24-,31-29-,32-30-. The summed E-state index contributed by atoms with van der Waals surface area (Å²) in [5.41, 5.74) is 8.57. The summed E-state index contributed by atoms with van der Waals surface area (Å²) < 4.78 is 43.3. The molecular formula is C49H74F2N2O6. The van der Waals surface area contributed by atoms with E-state index in [0.717, 1.165) is 64.2 Å². The van der Waals surface area contributed by atoms with Crippen LogP contribution in [0.25, 0.3) is 0 Å². The van der Waals surface area contributed by atoms with Crippen molar-refractivity contribution in [2.45, 2.75) is 147 Å². The molecule has 2 unspecified atom stereocenters. The Morgan fingerprint density at radius 3 is 1.25 bits per heavy atom. The van der Waals surface area contributed by atoms with E-state index in [-0.39, 0.29) is 32.2 Å². The summed E-state index contributed by atoms with van der Waals surface area (Å²) in [5, 5.41) is 0. The van der Waals surface area contributed by atoms with Gasteiger partial charge in [-0.2, -0.15) is 0 Å². The maximum atomic E-state index is 13.7. The van der Waals surface area contributed by atoms with Gasteiger partial charge in [0.25, 0.3) is 6.43 Å². The van der Waals surface area contributed by atoms with E-state index in [4.69, 9.17) is 25.7 Å². The number of alkyl halides is 2. The van der Waals surface area contributed by atoms with Crippen molar-refractivity contribution in [1.82, 2.24) is 0 Å². The highest BCUT2D eigenvalue weighted by molar-refractivity contribution is 5.81. The van der Waals surface area contributed by atoms with Gasteiger partial charge in [0.2, 0.25) is 0 Å². The Bertz CT molecular complexity index is 1390. The van der Waals surface area contributed by atoms with Gasteiger partial charge in [-0.25, -0.2) is 13.6 Å². The molecule has 0 rings (SSSR count). The zero-order valence-electron chi connectivity index (χ0n) is 35.9. The molecule has 0 heterocycles. The van der Waals surface area contributed by atoms with E-state index in [1.807, 2.05) is 24.3 Å². The van der Waals surface area contributed by atoms with Crippen LogP contribution < -0.4 is 11.5 Å². The molecule has 0 saturated heterocycles. The van der Waals surface area contributed by atoms with Crippen molar-refractivity contribution in [3.63, 3.8) is 0 Å². The monoisotopic (exact) mass is 825 g/mol. The van der Waals surface area contributed by atoms with Crippen molar-refractivity contribution in [3.8, 4) is 0 Å². The molecule has 0 aromatic carbocycles. The smallest absolute Gasteiger partial charge is 0.332 e. The highest BCUT2D eigenvalue weighted by atomic mass is 19.3. The van der Waals surface area contributed by atoms with Crippen LogP contribution in [-0.4, -0.2) is 55.7 Å². The van der Waals surface area contributed by atoms with Crippen LogP contribution in [0, 0.1) is 0 Å². The minimum absolute atomic E-state index is 0.0638. The molecule has 0 saturated carbocycles. The number of hydrogen-bond acceptors (Lipinski definition) is 8. The van der Waals surface area contributed by atoms with Crippen LogP contribution in [0.5, 0.6) is 0 Å². The van der Waals surface area contributed by atoms with Crippen LogP contribution in [-0.2, 0) is 28.6 Å². The topological polar surface area (TPSA) is 131 Å². The maximum absolute atomic E-state index is 13.7. The van der Waals surface area contributed by atoms with Crippen LogP contribution in [0.2, 0.25) is 0 Å². The summed E-state index contributed by atoms with van der Waals surface area (Å²) in [4.78, 5) is 37.8. The summed E-state index contributed by atoms with van der Waals surface area (Å²) in [5.74, 6) is -2.46. The van der Waals surface area contributed by atoms with Gasteiger partial charge >= 0.3 is 17.9 Å². The van der Waals surface area contributed by atoms with Gasteiger partial charge in [0.15, 0.2) is 11.6 Å². The van der Waals surface area contributed by atoms with Gasteiger partial charge in [-0.15, -0.1) is 0 Å². The highest BCUT2D eigenvalue weighted by Crippen LogP contribution is 2.21. The Morgan fingerprint density at radius 1 is 0.525 bits per heavy atom. The minimum atomic E-state index is -3.20. The SMILES string of the molecule is CC/C=C\C/C=C\C/C=C\C/C=C\C/C=C\CCCC(=O)OCC(COC(=O)C(N)(CCCN)C(F)F)OC(=O)CCC/C=C\C/C=C\C/C=C\C/C=C\C/C=C\CC. The van der Waals surface area contributed by atoms with Gasteiger partial charge in [-0.05, 0) is 109 Å². The lowest BCUT2D eigenvalue weighted by atomic mass is 9.95. The maximum Gasteiger partial charge on any atom is 0.332 e. The largest absolute Gasteiger partial charge is 0.462 e. The molecule has 0 amide bonds. The average molecular weight is 825 g/mol. The van der Waals surface area contributed by atoms with Gasteiger partial charge in [0.1, 0.15) is 13.2 Å². The Kier molecular flexibility index (Phi) is 37.4. The van der Waals surface area contributed by atoms with E-state index < -0.39 is 49.2 Å². The molecule has 4 N–H and O–H groups in total. The minimum Gasteiger partial charge on any atom is -0.462 e. The number of nitrogens with two attached hydrogens (primary N) is 2. The van der Waals surface area contributed by atoms with Crippen LogP contribution in [0.15, 0.2) is 122 Å². The first-order valence-corrected chi connectivity index (χ1v) is 21.5. The normalized spacial score (nSPS) is 14.4. The first-order valence-electron chi connectivity index (χ1n) is 21.5. The molecule has 0 bridgehead atoms. The average Bonchev–Trinajstić information content (AvgIpc) is 3.22. The molecule has 0 aliphatic carbocycles. The third kappa shape index (κ3) is 34.2. The van der Waals surface area contributed by atoms with E-state index in [9.17, 15) is 23.2 Å². The lowest BCUT2D eigenvalue weighted by Gasteiger charge is -2.27. The van der Waals surface area contributed by atoms with E-state index in [0.29, 0.717) is 25.7 Å². The number of hydrogen-bond donors (Lipinski definition) is 2. The molecule has 0 fully saturated rings. The summed E-state index contributed by atoms with van der Waals surface area (Å²) >= 11 is 0. The second-order valence-electron chi connectivity index (χ2n) is 13.8.